The van der Waals surface area contributed by atoms with E-state index >= 15 is 0 Å². The van der Waals surface area contributed by atoms with Crippen molar-refractivity contribution in [2.75, 3.05) is 23.1 Å². The molecule has 1 aliphatic heterocycles. The molecule has 1 fully saturated rings. The van der Waals surface area contributed by atoms with Crippen LogP contribution in [0.3, 0.4) is 0 Å². The molecule has 2 amide bonds. The van der Waals surface area contributed by atoms with E-state index < -0.39 is 26.8 Å². The van der Waals surface area contributed by atoms with E-state index in [0.29, 0.717) is 24.8 Å². The molecule has 156 valence electrons. The molecule has 2 N–H and O–H groups in total. The number of anilines is 2. The Hall–Kier alpha value is -2.46. The van der Waals surface area contributed by atoms with Gasteiger partial charge in [-0.05, 0) is 55.3 Å². The van der Waals surface area contributed by atoms with Gasteiger partial charge in [0.25, 0.3) is 10.0 Å². The van der Waals surface area contributed by atoms with Gasteiger partial charge in [0.1, 0.15) is 0 Å². The molecule has 0 atom stereocenters. The number of halogens is 4. The topological polar surface area (TPSA) is 78.5 Å². The molecule has 0 saturated carbocycles. The van der Waals surface area contributed by atoms with Gasteiger partial charge in [0.2, 0.25) is 0 Å². The molecule has 0 spiro atoms. The first kappa shape index (κ1) is 21.3. The highest BCUT2D eigenvalue weighted by Crippen LogP contribution is 2.36. The van der Waals surface area contributed by atoms with Crippen molar-refractivity contribution in [1.29, 1.82) is 0 Å². The van der Waals surface area contributed by atoms with Gasteiger partial charge in [-0.15, -0.1) is 0 Å². The Morgan fingerprint density at radius 1 is 1.00 bits per heavy atom. The van der Waals surface area contributed by atoms with Crippen LogP contribution >= 0.6 is 11.6 Å². The first-order valence-electron chi connectivity index (χ1n) is 8.62. The summed E-state index contributed by atoms with van der Waals surface area (Å²) < 4.78 is 65.9. The number of nitrogens with zero attached hydrogens (tertiary/aromatic N) is 1. The maximum absolute atomic E-state index is 12.9. The van der Waals surface area contributed by atoms with Crippen molar-refractivity contribution in [3.05, 3.63) is 53.1 Å². The lowest BCUT2D eigenvalue weighted by Gasteiger charge is -2.16. The molecule has 0 radical (unpaired) electrons. The second-order valence-corrected chi connectivity index (χ2v) is 8.54. The Bertz CT molecular complexity index is 1010. The van der Waals surface area contributed by atoms with Crippen LogP contribution in [0.15, 0.2) is 47.4 Å². The van der Waals surface area contributed by atoms with Crippen molar-refractivity contribution in [3.8, 4) is 0 Å². The minimum absolute atomic E-state index is 0.166. The molecule has 0 unspecified atom stereocenters. The summed E-state index contributed by atoms with van der Waals surface area (Å²) in [5, 5.41) is 2.15. The van der Waals surface area contributed by atoms with Crippen molar-refractivity contribution in [2.45, 2.75) is 23.9 Å². The molecular weight excluding hydrogens is 431 g/mol. The average Bonchev–Trinajstić information content (AvgIpc) is 3.17. The van der Waals surface area contributed by atoms with Crippen molar-refractivity contribution >= 4 is 39.0 Å². The Labute approximate surface area is 170 Å². The zero-order chi connectivity index (χ0) is 21.2. The number of hydrogen-bond acceptors (Lipinski definition) is 3. The summed E-state index contributed by atoms with van der Waals surface area (Å²) in [5.41, 5.74) is -1.00. The fraction of sp³-hybridized carbons (Fsp3) is 0.278. The summed E-state index contributed by atoms with van der Waals surface area (Å²) >= 11 is 5.54. The third-order valence-corrected chi connectivity index (χ3v) is 6.06. The van der Waals surface area contributed by atoms with E-state index in [9.17, 15) is 26.4 Å². The summed E-state index contributed by atoms with van der Waals surface area (Å²) in [5.74, 6) is 0. The predicted octanol–water partition coefficient (Wildman–Crippen LogP) is 4.79. The lowest BCUT2D eigenvalue weighted by Crippen LogP contribution is -2.32. The van der Waals surface area contributed by atoms with Crippen LogP contribution in [0.25, 0.3) is 0 Å². The van der Waals surface area contributed by atoms with Crippen molar-refractivity contribution < 1.29 is 26.4 Å². The standard InChI is InChI=1S/C18H17ClF3N3O3S/c19-16-8-5-13(11-15(16)18(20,21)22)24-29(27,28)14-6-3-12(4-7-14)23-17(26)25-9-1-2-10-25/h3-8,11,24H,1-2,9-10H2,(H,23,26). The quantitative estimate of drug-likeness (QED) is 0.707. The molecule has 3 rings (SSSR count). The highest BCUT2D eigenvalue weighted by Gasteiger charge is 2.33. The first-order valence-corrected chi connectivity index (χ1v) is 10.5. The Balaban J connectivity index is 1.73. The summed E-state index contributed by atoms with van der Waals surface area (Å²) in [7, 11) is -4.13. The Kier molecular flexibility index (Phi) is 5.95. The number of likely N-dealkylation sites (tertiary alicyclic amines) is 1. The van der Waals surface area contributed by atoms with Gasteiger partial charge < -0.3 is 10.2 Å². The van der Waals surface area contributed by atoms with Crippen LogP contribution in [0, 0.1) is 0 Å². The van der Waals surface area contributed by atoms with Gasteiger partial charge in [-0.2, -0.15) is 13.2 Å². The fourth-order valence-electron chi connectivity index (χ4n) is 2.86. The van der Waals surface area contributed by atoms with E-state index in [1.54, 1.807) is 4.90 Å². The van der Waals surface area contributed by atoms with E-state index in [4.69, 9.17) is 11.6 Å². The van der Waals surface area contributed by atoms with Crippen LogP contribution in [-0.2, 0) is 16.2 Å². The van der Waals surface area contributed by atoms with E-state index in [-0.39, 0.29) is 16.6 Å². The molecule has 1 heterocycles. The van der Waals surface area contributed by atoms with Crippen LogP contribution in [0.5, 0.6) is 0 Å². The molecule has 0 bridgehead atoms. The molecule has 11 heteroatoms. The van der Waals surface area contributed by atoms with Gasteiger partial charge >= 0.3 is 12.2 Å². The van der Waals surface area contributed by atoms with Gasteiger partial charge in [-0.3, -0.25) is 4.72 Å². The molecular formula is C18H17ClF3N3O3S. The Morgan fingerprint density at radius 2 is 1.59 bits per heavy atom. The zero-order valence-corrected chi connectivity index (χ0v) is 16.5. The molecule has 29 heavy (non-hydrogen) atoms. The molecule has 6 nitrogen and oxygen atoms in total. The molecule has 2 aromatic carbocycles. The number of benzene rings is 2. The maximum atomic E-state index is 12.9. The lowest BCUT2D eigenvalue weighted by atomic mass is 10.2. The normalized spacial score (nSPS) is 14.7. The SMILES string of the molecule is O=C(Nc1ccc(S(=O)(=O)Nc2ccc(Cl)c(C(F)(F)F)c2)cc1)N1CCCC1. The highest BCUT2D eigenvalue weighted by molar-refractivity contribution is 7.92. The van der Waals surface area contributed by atoms with Gasteiger partial charge in [-0.1, -0.05) is 11.6 Å². The predicted molar refractivity (Wildman–Crippen MR) is 104 cm³/mol. The highest BCUT2D eigenvalue weighted by atomic mass is 35.5. The summed E-state index contributed by atoms with van der Waals surface area (Å²) in [6.07, 6.45) is -2.83. The third kappa shape index (κ3) is 5.13. The largest absolute Gasteiger partial charge is 0.417 e. The third-order valence-electron chi connectivity index (χ3n) is 4.33. The van der Waals surface area contributed by atoms with Crippen LogP contribution in [0.4, 0.5) is 29.3 Å². The molecule has 2 aromatic rings. The minimum Gasteiger partial charge on any atom is -0.325 e. The van der Waals surface area contributed by atoms with Crippen LogP contribution in [0.2, 0.25) is 5.02 Å². The van der Waals surface area contributed by atoms with Crippen molar-refractivity contribution in [1.82, 2.24) is 4.90 Å². The lowest BCUT2D eigenvalue weighted by molar-refractivity contribution is -0.137. The van der Waals surface area contributed by atoms with Gasteiger partial charge in [0, 0.05) is 24.5 Å². The van der Waals surface area contributed by atoms with E-state index in [1.165, 1.54) is 24.3 Å². The molecule has 1 aliphatic rings. The number of rotatable bonds is 4. The number of amides is 2. The zero-order valence-electron chi connectivity index (χ0n) is 15.0. The molecule has 1 saturated heterocycles. The number of urea groups is 1. The number of carbonyl (C=O) groups excluding carboxylic acids is 1. The van der Waals surface area contributed by atoms with E-state index in [2.05, 4.69) is 10.0 Å². The maximum Gasteiger partial charge on any atom is 0.417 e. The second kappa shape index (κ2) is 8.11. The number of carbonyl (C=O) groups is 1. The first-order chi connectivity index (χ1) is 13.6. The summed E-state index contributed by atoms with van der Waals surface area (Å²) in [4.78, 5) is 13.6. The monoisotopic (exact) mass is 447 g/mol. The van der Waals surface area contributed by atoms with E-state index in [0.717, 1.165) is 25.0 Å². The second-order valence-electron chi connectivity index (χ2n) is 6.45. The summed E-state index contributed by atoms with van der Waals surface area (Å²) in [6.45, 7) is 1.34. The van der Waals surface area contributed by atoms with Crippen LogP contribution < -0.4 is 10.0 Å². The number of sulfonamides is 1. The summed E-state index contributed by atoms with van der Waals surface area (Å²) in [6, 6.07) is 7.79. The minimum atomic E-state index is -4.71. The molecule has 0 aliphatic carbocycles. The van der Waals surface area contributed by atoms with Crippen molar-refractivity contribution in [3.63, 3.8) is 0 Å². The average molecular weight is 448 g/mol. The number of alkyl halides is 3. The van der Waals surface area contributed by atoms with Crippen molar-refractivity contribution in [2.24, 2.45) is 0 Å². The van der Waals surface area contributed by atoms with Gasteiger partial charge in [0.15, 0.2) is 0 Å². The van der Waals surface area contributed by atoms with Gasteiger partial charge in [-0.25, -0.2) is 13.2 Å². The Morgan fingerprint density at radius 3 is 2.17 bits per heavy atom. The fourth-order valence-corrected chi connectivity index (χ4v) is 4.13. The number of hydrogen-bond donors (Lipinski definition) is 2. The molecule has 0 aromatic heterocycles. The number of nitrogens with one attached hydrogen (secondary N) is 2. The van der Waals surface area contributed by atoms with Crippen LogP contribution in [-0.4, -0.2) is 32.4 Å². The van der Waals surface area contributed by atoms with Gasteiger partial charge in [0.05, 0.1) is 15.5 Å². The van der Waals surface area contributed by atoms with Crippen LogP contribution in [0.1, 0.15) is 18.4 Å². The van der Waals surface area contributed by atoms with E-state index in [1.807, 2.05) is 0 Å². The smallest absolute Gasteiger partial charge is 0.325 e.